The van der Waals surface area contributed by atoms with Crippen LogP contribution >= 0.6 is 11.8 Å². The summed E-state index contributed by atoms with van der Waals surface area (Å²) in [7, 11) is 0. The third-order valence-electron chi connectivity index (χ3n) is 3.16. The van der Waals surface area contributed by atoms with E-state index in [9.17, 15) is 0 Å². The average Bonchev–Trinajstić information content (AvgIpc) is 2.74. The van der Waals surface area contributed by atoms with Crippen LogP contribution in [0.5, 0.6) is 0 Å². The molecule has 0 radical (unpaired) electrons. The van der Waals surface area contributed by atoms with Gasteiger partial charge in [-0.05, 0) is 43.6 Å². The molecule has 1 saturated heterocycles. The molecule has 2 unspecified atom stereocenters. The molecule has 15 heavy (non-hydrogen) atoms. The van der Waals surface area contributed by atoms with Crippen molar-refractivity contribution >= 4 is 11.8 Å². The number of rotatable bonds is 2. The summed E-state index contributed by atoms with van der Waals surface area (Å²) in [6.45, 7) is 4.30. The highest BCUT2D eigenvalue weighted by Crippen LogP contribution is 2.35. The molecule has 0 aromatic heterocycles. The van der Waals surface area contributed by atoms with Crippen LogP contribution in [0.4, 0.5) is 0 Å². The molecule has 2 atom stereocenters. The van der Waals surface area contributed by atoms with Crippen molar-refractivity contribution in [2.24, 2.45) is 5.73 Å². The summed E-state index contributed by atoms with van der Waals surface area (Å²) in [5.74, 6) is 1.28. The highest BCUT2D eigenvalue weighted by atomic mass is 32.2. The van der Waals surface area contributed by atoms with Crippen LogP contribution < -0.4 is 5.73 Å². The van der Waals surface area contributed by atoms with Crippen LogP contribution in [0.3, 0.4) is 0 Å². The largest absolute Gasteiger partial charge is 0.323 e. The number of thioether (sulfide) groups is 1. The van der Waals surface area contributed by atoms with Crippen molar-refractivity contribution in [2.45, 2.75) is 38.0 Å². The third kappa shape index (κ3) is 2.37. The van der Waals surface area contributed by atoms with Gasteiger partial charge in [-0.25, -0.2) is 0 Å². The molecule has 1 aliphatic heterocycles. The Labute approximate surface area is 96.4 Å². The topological polar surface area (TPSA) is 26.0 Å². The summed E-state index contributed by atoms with van der Waals surface area (Å²) < 4.78 is 0. The van der Waals surface area contributed by atoms with Gasteiger partial charge in [-0.1, -0.05) is 23.8 Å². The highest BCUT2D eigenvalue weighted by molar-refractivity contribution is 8.00. The van der Waals surface area contributed by atoms with Gasteiger partial charge in [0.1, 0.15) is 0 Å². The molecule has 1 heterocycles. The summed E-state index contributed by atoms with van der Waals surface area (Å²) in [5, 5.41) is 0.630. The van der Waals surface area contributed by atoms with Gasteiger partial charge in [-0.15, -0.1) is 0 Å². The molecular formula is C13H19NS. The van der Waals surface area contributed by atoms with Gasteiger partial charge in [0, 0.05) is 11.3 Å². The Balaban J connectivity index is 2.23. The van der Waals surface area contributed by atoms with Crippen molar-refractivity contribution in [1.82, 2.24) is 0 Å². The predicted octanol–water partition coefficient (Wildman–Crippen LogP) is 3.20. The quantitative estimate of drug-likeness (QED) is 0.830. The molecule has 0 bridgehead atoms. The fraction of sp³-hybridized carbons (Fsp3) is 0.538. The van der Waals surface area contributed by atoms with Crippen LogP contribution in [0.25, 0.3) is 0 Å². The van der Waals surface area contributed by atoms with Gasteiger partial charge in [0.05, 0.1) is 0 Å². The van der Waals surface area contributed by atoms with Crippen molar-refractivity contribution in [1.29, 1.82) is 0 Å². The van der Waals surface area contributed by atoms with E-state index in [-0.39, 0.29) is 6.04 Å². The van der Waals surface area contributed by atoms with Gasteiger partial charge in [-0.2, -0.15) is 11.8 Å². The molecule has 1 aromatic rings. The summed E-state index contributed by atoms with van der Waals surface area (Å²) in [6.07, 6.45) is 2.60. The summed E-state index contributed by atoms with van der Waals surface area (Å²) >= 11 is 2.03. The van der Waals surface area contributed by atoms with Gasteiger partial charge in [0.15, 0.2) is 0 Å². The molecular weight excluding hydrogens is 202 g/mol. The lowest BCUT2D eigenvalue weighted by molar-refractivity contribution is 0.642. The van der Waals surface area contributed by atoms with E-state index in [1.807, 2.05) is 11.8 Å². The number of aryl methyl sites for hydroxylation is 2. The first-order valence-corrected chi connectivity index (χ1v) is 6.67. The molecule has 1 aliphatic rings. The highest BCUT2D eigenvalue weighted by Gasteiger charge is 2.24. The van der Waals surface area contributed by atoms with Crippen molar-refractivity contribution in [3.63, 3.8) is 0 Å². The van der Waals surface area contributed by atoms with Gasteiger partial charge >= 0.3 is 0 Å². The average molecular weight is 221 g/mol. The smallest absolute Gasteiger partial charge is 0.0418 e. The molecule has 2 heteroatoms. The maximum atomic E-state index is 6.35. The van der Waals surface area contributed by atoms with E-state index in [1.54, 1.807) is 0 Å². The number of hydrogen-bond donors (Lipinski definition) is 1. The van der Waals surface area contributed by atoms with Crippen LogP contribution in [0.15, 0.2) is 18.2 Å². The molecule has 82 valence electrons. The third-order valence-corrected chi connectivity index (χ3v) is 4.64. The zero-order chi connectivity index (χ0) is 10.8. The second kappa shape index (κ2) is 4.58. The summed E-state index contributed by atoms with van der Waals surface area (Å²) in [4.78, 5) is 0. The standard InChI is InChI=1S/C13H19NS/c1-9-5-6-10(2)11(8-9)13(14)12-4-3-7-15-12/h5-6,8,12-13H,3-4,7,14H2,1-2H3. The molecule has 0 saturated carbocycles. The Kier molecular flexibility index (Phi) is 3.37. The Hall–Kier alpha value is -0.470. The van der Waals surface area contributed by atoms with Crippen LogP contribution in [-0.4, -0.2) is 11.0 Å². The lowest BCUT2D eigenvalue weighted by Gasteiger charge is -2.21. The first-order valence-electron chi connectivity index (χ1n) is 5.63. The predicted molar refractivity (Wildman–Crippen MR) is 68.3 cm³/mol. The fourth-order valence-electron chi connectivity index (χ4n) is 2.21. The maximum absolute atomic E-state index is 6.35. The second-order valence-electron chi connectivity index (χ2n) is 4.44. The Morgan fingerprint density at radius 1 is 1.40 bits per heavy atom. The zero-order valence-corrected chi connectivity index (χ0v) is 10.3. The minimum atomic E-state index is 0.220. The van der Waals surface area contributed by atoms with Gasteiger partial charge in [-0.3, -0.25) is 0 Å². The Morgan fingerprint density at radius 2 is 2.20 bits per heavy atom. The van der Waals surface area contributed by atoms with Gasteiger partial charge in [0.25, 0.3) is 0 Å². The maximum Gasteiger partial charge on any atom is 0.0418 e. The second-order valence-corrected chi connectivity index (χ2v) is 5.78. The molecule has 1 nitrogen and oxygen atoms in total. The van der Waals surface area contributed by atoms with E-state index >= 15 is 0 Å². The first kappa shape index (κ1) is 11.0. The SMILES string of the molecule is Cc1ccc(C)c(C(N)C2CCCS2)c1. The Bertz CT molecular complexity index is 342. The lowest BCUT2D eigenvalue weighted by Crippen LogP contribution is -2.22. The van der Waals surface area contributed by atoms with Crippen molar-refractivity contribution in [3.8, 4) is 0 Å². The molecule has 1 aromatic carbocycles. The summed E-state index contributed by atoms with van der Waals surface area (Å²) in [6, 6.07) is 6.81. The van der Waals surface area contributed by atoms with Crippen molar-refractivity contribution in [2.75, 3.05) is 5.75 Å². The first-order chi connectivity index (χ1) is 7.18. The molecule has 0 amide bonds. The molecule has 1 fully saturated rings. The minimum absolute atomic E-state index is 0.220. The van der Waals surface area contributed by atoms with E-state index in [0.29, 0.717) is 5.25 Å². The van der Waals surface area contributed by atoms with Crippen LogP contribution in [0, 0.1) is 13.8 Å². The van der Waals surface area contributed by atoms with Crippen LogP contribution in [0.2, 0.25) is 0 Å². The molecule has 0 spiro atoms. The molecule has 2 N–H and O–H groups in total. The van der Waals surface area contributed by atoms with E-state index in [4.69, 9.17) is 5.73 Å². The summed E-state index contributed by atoms with van der Waals surface area (Å²) in [5.41, 5.74) is 10.3. The van der Waals surface area contributed by atoms with Crippen LogP contribution in [-0.2, 0) is 0 Å². The number of benzene rings is 1. The normalized spacial score (nSPS) is 23.0. The minimum Gasteiger partial charge on any atom is -0.323 e. The monoisotopic (exact) mass is 221 g/mol. The van der Waals surface area contributed by atoms with Gasteiger partial charge < -0.3 is 5.73 Å². The fourth-order valence-corrected chi connectivity index (χ4v) is 3.53. The zero-order valence-electron chi connectivity index (χ0n) is 9.49. The van der Waals surface area contributed by atoms with E-state index < -0.39 is 0 Å². The van der Waals surface area contributed by atoms with E-state index in [1.165, 1.54) is 35.3 Å². The molecule has 0 aliphatic carbocycles. The van der Waals surface area contributed by atoms with E-state index in [0.717, 1.165) is 0 Å². The molecule has 2 rings (SSSR count). The number of hydrogen-bond acceptors (Lipinski definition) is 2. The van der Waals surface area contributed by atoms with Gasteiger partial charge in [0.2, 0.25) is 0 Å². The van der Waals surface area contributed by atoms with E-state index in [2.05, 4.69) is 32.0 Å². The lowest BCUT2D eigenvalue weighted by atomic mass is 9.96. The number of nitrogens with two attached hydrogens (primary N) is 1. The van der Waals surface area contributed by atoms with Crippen molar-refractivity contribution < 1.29 is 0 Å². The van der Waals surface area contributed by atoms with Crippen LogP contribution in [0.1, 0.15) is 35.6 Å². The van der Waals surface area contributed by atoms with Crippen molar-refractivity contribution in [3.05, 3.63) is 34.9 Å². The Morgan fingerprint density at radius 3 is 2.87 bits per heavy atom.